The summed E-state index contributed by atoms with van der Waals surface area (Å²) in [5.74, 6) is 0.507. The van der Waals surface area contributed by atoms with Crippen LogP contribution in [0.2, 0.25) is 0 Å². The van der Waals surface area contributed by atoms with E-state index in [0.717, 1.165) is 25.9 Å². The fourth-order valence-corrected chi connectivity index (χ4v) is 1.33. The summed E-state index contributed by atoms with van der Waals surface area (Å²) in [5.41, 5.74) is 0. The Hall–Kier alpha value is -0.770. The van der Waals surface area contributed by atoms with Gasteiger partial charge < -0.3 is 15.4 Å². The van der Waals surface area contributed by atoms with Gasteiger partial charge in [-0.25, -0.2) is 4.79 Å². The predicted octanol–water partition coefficient (Wildman–Crippen LogP) is 0.732. The zero-order chi connectivity index (χ0) is 9.52. The molecule has 1 amide bonds. The SMILES string of the molecule is CCCNC(=O)OCC1CCNC1. The van der Waals surface area contributed by atoms with Crippen molar-refractivity contribution in [2.45, 2.75) is 19.8 Å². The van der Waals surface area contributed by atoms with Crippen LogP contribution in [-0.2, 0) is 4.74 Å². The van der Waals surface area contributed by atoms with Gasteiger partial charge in [-0.15, -0.1) is 0 Å². The summed E-state index contributed by atoms with van der Waals surface area (Å²) in [6.07, 6.45) is 1.77. The number of carbonyl (C=O) groups excluding carboxylic acids is 1. The first kappa shape index (κ1) is 10.3. The minimum Gasteiger partial charge on any atom is -0.449 e. The summed E-state index contributed by atoms with van der Waals surface area (Å²) >= 11 is 0. The van der Waals surface area contributed by atoms with E-state index in [0.29, 0.717) is 19.1 Å². The van der Waals surface area contributed by atoms with Crippen molar-refractivity contribution in [2.75, 3.05) is 26.2 Å². The molecule has 4 heteroatoms. The maximum atomic E-state index is 11.0. The molecule has 0 aromatic heterocycles. The van der Waals surface area contributed by atoms with Gasteiger partial charge in [-0.05, 0) is 19.4 Å². The van der Waals surface area contributed by atoms with Crippen LogP contribution in [0, 0.1) is 5.92 Å². The van der Waals surface area contributed by atoms with Crippen LogP contribution < -0.4 is 10.6 Å². The highest BCUT2D eigenvalue weighted by atomic mass is 16.5. The molecule has 0 aromatic carbocycles. The fourth-order valence-electron chi connectivity index (χ4n) is 1.33. The Labute approximate surface area is 79.0 Å². The third-order valence-corrected chi connectivity index (χ3v) is 2.13. The van der Waals surface area contributed by atoms with E-state index < -0.39 is 0 Å². The van der Waals surface area contributed by atoms with Gasteiger partial charge in [-0.1, -0.05) is 6.92 Å². The molecule has 1 heterocycles. The largest absolute Gasteiger partial charge is 0.449 e. The second-order valence-corrected chi connectivity index (χ2v) is 3.38. The lowest BCUT2D eigenvalue weighted by Gasteiger charge is -2.09. The van der Waals surface area contributed by atoms with Gasteiger partial charge in [0.05, 0.1) is 6.61 Å². The Balaban J connectivity index is 2.00. The van der Waals surface area contributed by atoms with Crippen LogP contribution in [0.3, 0.4) is 0 Å². The van der Waals surface area contributed by atoms with Gasteiger partial charge >= 0.3 is 6.09 Å². The van der Waals surface area contributed by atoms with E-state index in [4.69, 9.17) is 4.74 Å². The summed E-state index contributed by atoms with van der Waals surface area (Å²) in [5, 5.41) is 5.90. The van der Waals surface area contributed by atoms with Gasteiger partial charge in [0.1, 0.15) is 0 Å². The number of rotatable bonds is 4. The van der Waals surface area contributed by atoms with E-state index >= 15 is 0 Å². The van der Waals surface area contributed by atoms with E-state index in [2.05, 4.69) is 10.6 Å². The third-order valence-electron chi connectivity index (χ3n) is 2.13. The number of alkyl carbamates (subject to hydrolysis) is 1. The van der Waals surface area contributed by atoms with Gasteiger partial charge in [-0.3, -0.25) is 0 Å². The minimum atomic E-state index is -0.284. The number of carbonyl (C=O) groups is 1. The molecular formula is C9H18N2O2. The van der Waals surface area contributed by atoms with E-state index in [1.165, 1.54) is 0 Å². The van der Waals surface area contributed by atoms with Crippen LogP contribution in [-0.4, -0.2) is 32.3 Å². The lowest BCUT2D eigenvalue weighted by molar-refractivity contribution is 0.130. The molecule has 1 saturated heterocycles. The van der Waals surface area contributed by atoms with Crippen LogP contribution in [0.5, 0.6) is 0 Å². The molecule has 13 heavy (non-hydrogen) atoms. The van der Waals surface area contributed by atoms with Crippen molar-refractivity contribution >= 4 is 6.09 Å². The van der Waals surface area contributed by atoms with E-state index in [1.54, 1.807) is 0 Å². The molecule has 4 nitrogen and oxygen atoms in total. The van der Waals surface area contributed by atoms with Crippen molar-refractivity contribution in [3.8, 4) is 0 Å². The summed E-state index contributed by atoms with van der Waals surface area (Å²) in [6.45, 7) is 5.27. The molecule has 0 saturated carbocycles. The Morgan fingerprint density at radius 1 is 1.69 bits per heavy atom. The maximum Gasteiger partial charge on any atom is 0.407 e. The topological polar surface area (TPSA) is 50.4 Å². The maximum absolute atomic E-state index is 11.0. The molecule has 0 radical (unpaired) electrons. The summed E-state index contributed by atoms with van der Waals surface area (Å²) in [6, 6.07) is 0. The fraction of sp³-hybridized carbons (Fsp3) is 0.889. The first-order chi connectivity index (χ1) is 6.33. The predicted molar refractivity (Wildman–Crippen MR) is 50.6 cm³/mol. The second kappa shape index (κ2) is 5.80. The molecule has 1 fully saturated rings. The highest BCUT2D eigenvalue weighted by molar-refractivity contribution is 5.66. The molecule has 0 aliphatic carbocycles. The van der Waals surface area contributed by atoms with E-state index in [9.17, 15) is 4.79 Å². The zero-order valence-electron chi connectivity index (χ0n) is 8.14. The molecule has 1 rings (SSSR count). The summed E-state index contributed by atoms with van der Waals surface area (Å²) < 4.78 is 5.04. The lowest BCUT2D eigenvalue weighted by Crippen LogP contribution is -2.27. The molecule has 0 aromatic rings. The number of nitrogens with one attached hydrogen (secondary N) is 2. The minimum absolute atomic E-state index is 0.284. The Bertz CT molecular complexity index is 156. The van der Waals surface area contributed by atoms with Crippen LogP contribution >= 0.6 is 0 Å². The van der Waals surface area contributed by atoms with Crippen molar-refractivity contribution in [2.24, 2.45) is 5.92 Å². The first-order valence-corrected chi connectivity index (χ1v) is 4.94. The highest BCUT2D eigenvalue weighted by Gasteiger charge is 2.15. The van der Waals surface area contributed by atoms with E-state index in [1.807, 2.05) is 6.92 Å². The molecule has 1 atom stereocenters. The summed E-state index contributed by atoms with van der Waals surface area (Å²) in [7, 11) is 0. The average molecular weight is 186 g/mol. The zero-order valence-corrected chi connectivity index (χ0v) is 8.14. The molecule has 0 spiro atoms. The van der Waals surface area contributed by atoms with Gasteiger partial charge in [0.2, 0.25) is 0 Å². The monoisotopic (exact) mass is 186 g/mol. The molecular weight excluding hydrogens is 168 g/mol. The molecule has 1 aliphatic heterocycles. The molecule has 1 unspecified atom stereocenters. The highest BCUT2D eigenvalue weighted by Crippen LogP contribution is 2.07. The molecule has 1 aliphatic rings. The van der Waals surface area contributed by atoms with Gasteiger partial charge in [0.25, 0.3) is 0 Å². The van der Waals surface area contributed by atoms with Crippen molar-refractivity contribution in [3.63, 3.8) is 0 Å². The summed E-state index contributed by atoms with van der Waals surface area (Å²) in [4.78, 5) is 11.0. The smallest absolute Gasteiger partial charge is 0.407 e. The molecule has 0 bridgehead atoms. The Morgan fingerprint density at radius 2 is 2.54 bits per heavy atom. The van der Waals surface area contributed by atoms with Gasteiger partial charge in [-0.2, -0.15) is 0 Å². The first-order valence-electron chi connectivity index (χ1n) is 4.94. The van der Waals surface area contributed by atoms with Gasteiger partial charge in [0, 0.05) is 19.0 Å². The molecule has 2 N–H and O–H groups in total. The van der Waals surface area contributed by atoms with Crippen LogP contribution in [0.15, 0.2) is 0 Å². The number of amides is 1. The van der Waals surface area contributed by atoms with Gasteiger partial charge in [0.15, 0.2) is 0 Å². The number of ether oxygens (including phenoxy) is 1. The lowest BCUT2D eigenvalue weighted by atomic mass is 10.1. The normalized spacial score (nSPS) is 21.5. The van der Waals surface area contributed by atoms with Crippen LogP contribution in [0.1, 0.15) is 19.8 Å². The quantitative estimate of drug-likeness (QED) is 0.680. The number of hydrogen-bond donors (Lipinski definition) is 2. The van der Waals surface area contributed by atoms with E-state index in [-0.39, 0.29) is 6.09 Å². The van der Waals surface area contributed by atoms with Crippen molar-refractivity contribution in [3.05, 3.63) is 0 Å². The Kier molecular flexibility index (Phi) is 4.60. The number of hydrogen-bond acceptors (Lipinski definition) is 3. The average Bonchev–Trinajstić information content (AvgIpc) is 2.64. The third kappa shape index (κ3) is 4.12. The van der Waals surface area contributed by atoms with Crippen LogP contribution in [0.25, 0.3) is 0 Å². The van der Waals surface area contributed by atoms with Crippen molar-refractivity contribution in [1.29, 1.82) is 0 Å². The van der Waals surface area contributed by atoms with Crippen LogP contribution in [0.4, 0.5) is 4.79 Å². The standard InChI is InChI=1S/C9H18N2O2/c1-2-4-11-9(12)13-7-8-3-5-10-6-8/h8,10H,2-7H2,1H3,(H,11,12). The molecule has 76 valence electrons. The van der Waals surface area contributed by atoms with Crippen molar-refractivity contribution < 1.29 is 9.53 Å². The second-order valence-electron chi connectivity index (χ2n) is 3.38. The van der Waals surface area contributed by atoms with Crippen molar-refractivity contribution in [1.82, 2.24) is 10.6 Å². The Morgan fingerprint density at radius 3 is 3.15 bits per heavy atom.